The number of hydrogen-bond donors (Lipinski definition) is 1. The van der Waals surface area contributed by atoms with Gasteiger partial charge in [0.05, 0.1) is 11.1 Å². The quantitative estimate of drug-likeness (QED) is 0.319. The molecule has 8 rings (SSSR count). The highest BCUT2D eigenvalue weighted by molar-refractivity contribution is 6.00. The second-order valence-corrected chi connectivity index (χ2v) is 11.7. The van der Waals surface area contributed by atoms with E-state index in [1.807, 2.05) is 36.4 Å². The van der Waals surface area contributed by atoms with E-state index >= 15 is 4.39 Å². The van der Waals surface area contributed by atoms with Gasteiger partial charge in [-0.25, -0.2) is 4.39 Å². The van der Waals surface area contributed by atoms with Crippen LogP contribution >= 0.6 is 0 Å². The molecule has 0 bridgehead atoms. The van der Waals surface area contributed by atoms with Crippen LogP contribution in [0.2, 0.25) is 0 Å². The van der Waals surface area contributed by atoms with Gasteiger partial charge in [0.25, 0.3) is 0 Å². The number of fused-ring (bicyclic) bond motifs is 4. The Hall–Kier alpha value is -4.02. The van der Waals surface area contributed by atoms with Crippen LogP contribution in [0.15, 0.2) is 54.1 Å². The zero-order valence-electron chi connectivity index (χ0n) is 23.6. The van der Waals surface area contributed by atoms with Crippen molar-refractivity contribution in [3.63, 3.8) is 0 Å². The lowest BCUT2D eigenvalue weighted by molar-refractivity contribution is 0.0512. The molecule has 3 fully saturated rings. The van der Waals surface area contributed by atoms with E-state index < -0.39 is 5.82 Å². The molecule has 2 atom stereocenters. The Balaban J connectivity index is 1.28. The summed E-state index contributed by atoms with van der Waals surface area (Å²) in [5, 5.41) is 5.88. The van der Waals surface area contributed by atoms with Crippen LogP contribution in [0.5, 0.6) is 11.8 Å². The maximum Gasteiger partial charge on any atom is 0.324 e. The summed E-state index contributed by atoms with van der Waals surface area (Å²) in [5.41, 5.74) is 2.29. The number of nitrogens with one attached hydrogen (secondary N) is 1. The van der Waals surface area contributed by atoms with Crippen LogP contribution < -0.4 is 19.7 Å². The van der Waals surface area contributed by atoms with Crippen LogP contribution in [-0.2, 0) is 4.74 Å². The number of methoxy groups -OCH3 is 1. The molecule has 0 saturated carbocycles. The molecule has 2 unspecified atom stereocenters. The first-order chi connectivity index (χ1) is 20.7. The highest BCUT2D eigenvalue weighted by Gasteiger charge is 2.38. The van der Waals surface area contributed by atoms with Gasteiger partial charge < -0.3 is 29.3 Å². The number of pyridine rings is 1. The lowest BCUT2D eigenvalue weighted by atomic mass is 10.00. The topological polar surface area (TPSA) is 84.9 Å². The van der Waals surface area contributed by atoms with E-state index in [2.05, 4.69) is 15.1 Å². The van der Waals surface area contributed by atoms with Crippen molar-refractivity contribution in [2.24, 2.45) is 11.8 Å². The Morgan fingerprint density at radius 2 is 1.86 bits per heavy atom. The lowest BCUT2D eigenvalue weighted by Crippen LogP contribution is -2.26. The number of hydrogen-bond acceptors (Lipinski definition) is 9. The second kappa shape index (κ2) is 10.4. The van der Waals surface area contributed by atoms with Crippen LogP contribution in [0.3, 0.4) is 0 Å². The van der Waals surface area contributed by atoms with Gasteiger partial charge in [0.1, 0.15) is 28.5 Å². The van der Waals surface area contributed by atoms with Crippen molar-refractivity contribution in [2.45, 2.75) is 19.3 Å². The van der Waals surface area contributed by atoms with Gasteiger partial charge in [0, 0.05) is 64.6 Å². The predicted molar refractivity (Wildman–Crippen MR) is 158 cm³/mol. The second-order valence-electron chi connectivity index (χ2n) is 11.7. The van der Waals surface area contributed by atoms with E-state index in [4.69, 9.17) is 29.2 Å². The molecular formula is C32H33FN6O3. The molecule has 4 aliphatic rings. The monoisotopic (exact) mass is 568 g/mol. The minimum Gasteiger partial charge on any atom is -0.468 e. The van der Waals surface area contributed by atoms with Crippen LogP contribution in [0.25, 0.3) is 32.9 Å². The Kier molecular flexibility index (Phi) is 6.33. The third-order valence-corrected chi connectivity index (χ3v) is 9.13. The van der Waals surface area contributed by atoms with Gasteiger partial charge in [0.15, 0.2) is 12.6 Å². The van der Waals surface area contributed by atoms with Crippen molar-refractivity contribution in [1.82, 2.24) is 25.2 Å². The van der Waals surface area contributed by atoms with Crippen molar-refractivity contribution in [2.75, 3.05) is 58.1 Å². The van der Waals surface area contributed by atoms with Gasteiger partial charge in [0.2, 0.25) is 0 Å². The van der Waals surface area contributed by atoms with Crippen molar-refractivity contribution in [3.8, 4) is 23.0 Å². The molecule has 3 saturated heterocycles. The average Bonchev–Trinajstić information content (AvgIpc) is 3.80. The average molecular weight is 569 g/mol. The lowest BCUT2D eigenvalue weighted by Gasteiger charge is -2.21. The summed E-state index contributed by atoms with van der Waals surface area (Å²) in [6, 6.07) is 11.8. The fourth-order valence-corrected chi connectivity index (χ4v) is 7.11. The smallest absolute Gasteiger partial charge is 0.324 e. The van der Waals surface area contributed by atoms with Gasteiger partial charge in [-0.15, -0.1) is 0 Å². The molecular weight excluding hydrogens is 535 g/mol. The first kappa shape index (κ1) is 25.7. The first-order valence-electron chi connectivity index (χ1n) is 14.8. The van der Waals surface area contributed by atoms with E-state index in [0.29, 0.717) is 34.4 Å². The van der Waals surface area contributed by atoms with Crippen LogP contribution in [0, 0.1) is 17.7 Å². The molecule has 0 aliphatic carbocycles. The number of benzene rings is 2. The molecule has 2 aromatic heterocycles. The third kappa shape index (κ3) is 4.32. The van der Waals surface area contributed by atoms with E-state index in [-0.39, 0.29) is 24.0 Å². The number of halogens is 1. The fraction of sp³-hybridized carbons (Fsp3) is 0.406. The molecule has 10 heteroatoms. The van der Waals surface area contributed by atoms with Crippen LogP contribution in [0.4, 0.5) is 10.2 Å². The van der Waals surface area contributed by atoms with Crippen LogP contribution in [0.1, 0.15) is 19.3 Å². The van der Waals surface area contributed by atoms with Gasteiger partial charge in [-0.2, -0.15) is 9.97 Å². The van der Waals surface area contributed by atoms with Crippen LogP contribution in [-0.4, -0.2) is 73.0 Å². The molecule has 4 aliphatic heterocycles. The fourth-order valence-electron chi connectivity index (χ4n) is 7.11. The Morgan fingerprint density at radius 1 is 1.00 bits per heavy atom. The highest BCUT2D eigenvalue weighted by Crippen LogP contribution is 2.40. The number of rotatable bonds is 7. The molecule has 0 spiro atoms. The molecule has 0 radical (unpaired) electrons. The Labute approximate surface area is 243 Å². The van der Waals surface area contributed by atoms with Gasteiger partial charge in [-0.1, -0.05) is 24.3 Å². The number of aromatic nitrogens is 3. The van der Waals surface area contributed by atoms with E-state index in [1.54, 1.807) is 13.3 Å². The number of allylic oxidation sites excluding steroid dienone is 1. The third-order valence-electron chi connectivity index (χ3n) is 9.13. The zero-order valence-corrected chi connectivity index (χ0v) is 23.6. The SMILES string of the molecule is COCOc1cc(-c2ncc3c(N4CC5CNCC5C4)nc(OC4=C5CCCN5CC4)nc3c2F)c2ccccc2c1. The summed E-state index contributed by atoms with van der Waals surface area (Å²) in [6.45, 7) is 5.79. The van der Waals surface area contributed by atoms with Crippen molar-refractivity contribution >= 4 is 27.5 Å². The summed E-state index contributed by atoms with van der Waals surface area (Å²) in [7, 11) is 1.57. The number of anilines is 1. The standard InChI is InChI=1S/C32H33FN6O3/c1-40-18-41-22-11-19-5-2-3-6-23(19)24(12-22)29-28(33)30-25(15-35-29)31(39-16-20-13-34-14-21(20)17-39)37-32(36-30)42-27-8-10-38-9-4-7-26(27)38/h2-3,5-6,11-12,15,20-21,34H,4,7-10,13-14,16-18H2,1H3. The predicted octanol–water partition coefficient (Wildman–Crippen LogP) is 4.71. The first-order valence-corrected chi connectivity index (χ1v) is 14.8. The zero-order chi connectivity index (χ0) is 28.2. The van der Waals surface area contributed by atoms with E-state index in [1.165, 1.54) is 5.70 Å². The van der Waals surface area contributed by atoms with Gasteiger partial charge >= 0.3 is 6.01 Å². The number of ether oxygens (including phenoxy) is 3. The molecule has 216 valence electrons. The minimum absolute atomic E-state index is 0.0886. The molecule has 6 heterocycles. The highest BCUT2D eigenvalue weighted by atomic mass is 19.1. The minimum atomic E-state index is -0.498. The summed E-state index contributed by atoms with van der Waals surface area (Å²) in [6.07, 6.45) is 4.65. The molecule has 2 aromatic carbocycles. The van der Waals surface area contributed by atoms with E-state index in [9.17, 15) is 0 Å². The molecule has 1 N–H and O–H groups in total. The molecule has 4 aromatic rings. The van der Waals surface area contributed by atoms with Crippen molar-refractivity contribution < 1.29 is 18.6 Å². The van der Waals surface area contributed by atoms with E-state index in [0.717, 1.165) is 75.1 Å². The van der Waals surface area contributed by atoms with Crippen molar-refractivity contribution in [3.05, 3.63) is 59.9 Å². The summed E-state index contributed by atoms with van der Waals surface area (Å²) in [5.74, 6) is 2.77. The summed E-state index contributed by atoms with van der Waals surface area (Å²) in [4.78, 5) is 18.9. The Bertz CT molecular complexity index is 1720. The number of nitrogens with zero attached hydrogens (tertiary/aromatic N) is 5. The van der Waals surface area contributed by atoms with Gasteiger partial charge in [-0.3, -0.25) is 4.98 Å². The molecule has 42 heavy (non-hydrogen) atoms. The van der Waals surface area contributed by atoms with Gasteiger partial charge in [-0.05, 0) is 47.6 Å². The van der Waals surface area contributed by atoms with Crippen molar-refractivity contribution in [1.29, 1.82) is 0 Å². The maximum atomic E-state index is 16.8. The Morgan fingerprint density at radius 3 is 2.71 bits per heavy atom. The maximum absolute atomic E-state index is 16.8. The normalized spacial score (nSPS) is 21.6. The summed E-state index contributed by atoms with van der Waals surface area (Å²) < 4.78 is 34.0. The summed E-state index contributed by atoms with van der Waals surface area (Å²) >= 11 is 0. The molecule has 9 nitrogen and oxygen atoms in total. The largest absolute Gasteiger partial charge is 0.468 e. The molecule has 0 amide bonds.